The third-order valence-electron chi connectivity index (χ3n) is 5.69. The van der Waals surface area contributed by atoms with E-state index in [4.69, 9.17) is 5.26 Å². The fourth-order valence-corrected chi connectivity index (χ4v) is 4.05. The van der Waals surface area contributed by atoms with Gasteiger partial charge < -0.3 is 4.40 Å². The summed E-state index contributed by atoms with van der Waals surface area (Å²) < 4.78 is 3.84. The number of nitrogens with zero attached hydrogens (tertiary/aromatic N) is 7. The third kappa shape index (κ3) is 3.54. The van der Waals surface area contributed by atoms with Crippen LogP contribution in [-0.4, -0.2) is 36.3 Å². The van der Waals surface area contributed by atoms with Crippen molar-refractivity contribution in [2.24, 2.45) is 5.10 Å². The van der Waals surface area contributed by atoms with Gasteiger partial charge in [-0.05, 0) is 36.8 Å². The molecule has 0 fully saturated rings. The lowest BCUT2D eigenvalue weighted by atomic mass is 10.1. The number of imidazole rings is 1. The first-order valence-corrected chi connectivity index (χ1v) is 10.4. The van der Waals surface area contributed by atoms with Crippen LogP contribution >= 0.6 is 0 Å². The number of benzene rings is 1. The molecule has 0 N–H and O–H groups in total. The Bertz CT molecular complexity index is 1400. The highest BCUT2D eigenvalue weighted by Gasteiger charge is 2.31. The number of aromatic nitrogens is 4. The molecular weight excluding hydrogens is 402 g/mol. The number of hydrogen-bond acceptors (Lipinski definition) is 5. The van der Waals surface area contributed by atoms with Crippen LogP contribution in [0.25, 0.3) is 16.4 Å². The summed E-state index contributed by atoms with van der Waals surface area (Å²) in [4.78, 5) is 17.5. The number of nitriles is 1. The molecule has 5 rings (SSSR count). The number of carbonyl (C=O) groups is 1. The van der Waals surface area contributed by atoms with Crippen molar-refractivity contribution in [2.45, 2.75) is 31.8 Å². The normalized spacial score (nSPS) is 15.5. The molecule has 1 unspecified atom stereocenters. The zero-order valence-corrected chi connectivity index (χ0v) is 17.4. The Balaban J connectivity index is 1.24. The van der Waals surface area contributed by atoms with E-state index in [1.807, 2.05) is 51.8 Å². The highest BCUT2D eigenvalue weighted by atomic mass is 16.2. The lowest BCUT2D eigenvalue weighted by Gasteiger charge is -2.21. The van der Waals surface area contributed by atoms with Crippen molar-refractivity contribution < 1.29 is 4.79 Å². The van der Waals surface area contributed by atoms with Gasteiger partial charge in [0.1, 0.15) is 11.9 Å². The molecule has 8 heteroatoms. The van der Waals surface area contributed by atoms with Gasteiger partial charge in [-0.15, -0.1) is 0 Å². The van der Waals surface area contributed by atoms with E-state index in [1.165, 1.54) is 0 Å². The lowest BCUT2D eigenvalue weighted by molar-refractivity contribution is -0.133. The summed E-state index contributed by atoms with van der Waals surface area (Å²) >= 11 is 0. The molecule has 1 aliphatic heterocycles. The number of hydrogen-bond donors (Lipinski definition) is 0. The van der Waals surface area contributed by atoms with Crippen LogP contribution in [0.1, 0.15) is 36.7 Å². The third-order valence-corrected chi connectivity index (χ3v) is 5.69. The number of rotatable bonds is 6. The molecule has 4 heterocycles. The Kier molecular flexibility index (Phi) is 5.00. The summed E-state index contributed by atoms with van der Waals surface area (Å²) in [6.45, 7) is 4.65. The summed E-state index contributed by atoms with van der Waals surface area (Å²) in [5.74, 6) is 0.756. The summed E-state index contributed by atoms with van der Waals surface area (Å²) in [5.41, 5.74) is 3.43. The molecule has 32 heavy (non-hydrogen) atoms. The fraction of sp³-hybridized carbons (Fsp3) is 0.208. The summed E-state index contributed by atoms with van der Waals surface area (Å²) in [6.07, 6.45) is 8.77. The second-order valence-electron chi connectivity index (χ2n) is 7.84. The molecule has 1 atom stereocenters. The van der Waals surface area contributed by atoms with Gasteiger partial charge in [0.15, 0.2) is 0 Å². The summed E-state index contributed by atoms with van der Waals surface area (Å²) in [6, 6.07) is 13.3. The van der Waals surface area contributed by atoms with Crippen LogP contribution in [0, 0.1) is 11.3 Å². The van der Waals surface area contributed by atoms with E-state index in [0.29, 0.717) is 31.4 Å². The van der Waals surface area contributed by atoms with E-state index in [1.54, 1.807) is 23.5 Å². The molecule has 0 saturated carbocycles. The van der Waals surface area contributed by atoms with Gasteiger partial charge in [0, 0.05) is 30.6 Å². The molecular formula is C24H21N7O. The average molecular weight is 423 g/mol. The van der Waals surface area contributed by atoms with Crippen LogP contribution in [0.3, 0.4) is 0 Å². The standard InChI is InChI=1S/C24H21N7O/c1-17(16-30-21-7-6-18(13-25)12-19(21)14-28-30)5-8-23(32)31-22(9-10-27-31)24-26-15-20-4-2-3-11-29(20)24/h2-4,6-7,10-12,14-15,22H,1,5,8-9,16H2. The summed E-state index contributed by atoms with van der Waals surface area (Å²) in [5, 5.41) is 20.2. The minimum Gasteiger partial charge on any atom is -0.302 e. The van der Waals surface area contributed by atoms with Crippen molar-refractivity contribution in [2.75, 3.05) is 0 Å². The van der Waals surface area contributed by atoms with Gasteiger partial charge >= 0.3 is 0 Å². The molecule has 0 bridgehead atoms. The van der Waals surface area contributed by atoms with Gasteiger partial charge in [-0.3, -0.25) is 9.48 Å². The molecule has 1 amide bonds. The Labute approximate surface area is 184 Å². The van der Waals surface area contributed by atoms with Crippen LogP contribution in [-0.2, 0) is 11.3 Å². The Morgan fingerprint density at radius 3 is 3.00 bits per heavy atom. The maximum atomic E-state index is 13.0. The zero-order chi connectivity index (χ0) is 22.1. The predicted octanol–water partition coefficient (Wildman–Crippen LogP) is 3.85. The van der Waals surface area contributed by atoms with Crippen molar-refractivity contribution in [3.63, 3.8) is 0 Å². The Morgan fingerprint density at radius 2 is 2.12 bits per heavy atom. The number of fused-ring (bicyclic) bond motifs is 2. The van der Waals surface area contributed by atoms with Crippen molar-refractivity contribution in [1.82, 2.24) is 24.2 Å². The second-order valence-corrected chi connectivity index (χ2v) is 7.84. The van der Waals surface area contributed by atoms with E-state index < -0.39 is 0 Å². The van der Waals surface area contributed by atoms with E-state index in [9.17, 15) is 4.79 Å². The van der Waals surface area contributed by atoms with Crippen LogP contribution in [0.2, 0.25) is 0 Å². The number of allylic oxidation sites excluding steroid dienone is 1. The monoisotopic (exact) mass is 423 g/mol. The fourth-order valence-electron chi connectivity index (χ4n) is 4.05. The average Bonchev–Trinajstić information content (AvgIpc) is 3.55. The first-order valence-electron chi connectivity index (χ1n) is 10.4. The van der Waals surface area contributed by atoms with Gasteiger partial charge in [-0.25, -0.2) is 9.99 Å². The topological polar surface area (TPSA) is 91.6 Å². The molecule has 0 aliphatic carbocycles. The molecule has 4 aromatic rings. The van der Waals surface area contributed by atoms with Gasteiger partial charge in [-0.2, -0.15) is 15.5 Å². The minimum absolute atomic E-state index is 0.0541. The number of pyridine rings is 1. The van der Waals surface area contributed by atoms with Crippen LogP contribution in [0.5, 0.6) is 0 Å². The zero-order valence-electron chi connectivity index (χ0n) is 17.4. The largest absolute Gasteiger partial charge is 0.302 e. The van der Waals surface area contributed by atoms with Crippen molar-refractivity contribution in [1.29, 1.82) is 5.26 Å². The molecule has 158 valence electrons. The van der Waals surface area contributed by atoms with E-state index in [-0.39, 0.29) is 11.9 Å². The van der Waals surface area contributed by atoms with E-state index in [2.05, 4.69) is 27.8 Å². The van der Waals surface area contributed by atoms with Crippen molar-refractivity contribution in [3.05, 3.63) is 78.5 Å². The molecule has 0 saturated heterocycles. The predicted molar refractivity (Wildman–Crippen MR) is 121 cm³/mol. The minimum atomic E-state index is -0.204. The summed E-state index contributed by atoms with van der Waals surface area (Å²) in [7, 11) is 0. The number of hydrazone groups is 1. The Morgan fingerprint density at radius 1 is 1.22 bits per heavy atom. The van der Waals surface area contributed by atoms with Gasteiger partial charge in [0.2, 0.25) is 5.91 Å². The molecule has 1 aromatic carbocycles. The van der Waals surface area contributed by atoms with E-state index >= 15 is 0 Å². The number of carbonyl (C=O) groups excluding carboxylic acids is 1. The molecule has 8 nitrogen and oxygen atoms in total. The first-order chi connectivity index (χ1) is 15.6. The second kappa shape index (κ2) is 8.12. The highest BCUT2D eigenvalue weighted by molar-refractivity contribution is 5.81. The van der Waals surface area contributed by atoms with E-state index in [0.717, 1.165) is 27.8 Å². The van der Waals surface area contributed by atoms with Crippen LogP contribution in [0.4, 0.5) is 0 Å². The molecule has 3 aromatic heterocycles. The lowest BCUT2D eigenvalue weighted by Crippen LogP contribution is -2.28. The van der Waals surface area contributed by atoms with Gasteiger partial charge in [0.25, 0.3) is 0 Å². The first kappa shape index (κ1) is 19.7. The maximum absolute atomic E-state index is 13.0. The molecule has 1 aliphatic rings. The van der Waals surface area contributed by atoms with Crippen LogP contribution in [0.15, 0.2) is 72.2 Å². The van der Waals surface area contributed by atoms with Gasteiger partial charge in [-0.1, -0.05) is 18.2 Å². The van der Waals surface area contributed by atoms with Gasteiger partial charge in [0.05, 0.1) is 41.6 Å². The Hall–Kier alpha value is -4.25. The SMILES string of the molecule is C=C(CCC(=O)N1N=CCC1c1ncc2ccccn12)Cn1ncc2cc(C#N)ccc21. The highest BCUT2D eigenvalue weighted by Crippen LogP contribution is 2.29. The molecule has 0 radical (unpaired) electrons. The number of amides is 1. The maximum Gasteiger partial charge on any atom is 0.243 e. The van der Waals surface area contributed by atoms with Crippen molar-refractivity contribution >= 4 is 28.5 Å². The molecule has 0 spiro atoms. The quantitative estimate of drug-likeness (QED) is 0.441. The van der Waals surface area contributed by atoms with Crippen LogP contribution < -0.4 is 0 Å². The smallest absolute Gasteiger partial charge is 0.243 e. The van der Waals surface area contributed by atoms with Crippen molar-refractivity contribution in [3.8, 4) is 6.07 Å².